The highest BCUT2D eigenvalue weighted by molar-refractivity contribution is 9.10. The van der Waals surface area contributed by atoms with E-state index in [4.69, 9.17) is 4.42 Å². The first-order valence-electron chi connectivity index (χ1n) is 4.61. The van der Waals surface area contributed by atoms with E-state index >= 15 is 0 Å². The molecule has 0 aromatic carbocycles. The van der Waals surface area contributed by atoms with E-state index in [1.807, 2.05) is 0 Å². The number of rotatable bonds is 1. The van der Waals surface area contributed by atoms with Gasteiger partial charge in [0, 0.05) is 0 Å². The minimum atomic E-state index is -0.591. The van der Waals surface area contributed by atoms with Gasteiger partial charge in [0.2, 0.25) is 0 Å². The van der Waals surface area contributed by atoms with Gasteiger partial charge in [-0.25, -0.2) is 9.78 Å². The number of hydrogen-bond acceptors (Lipinski definition) is 4. The fourth-order valence-corrected chi connectivity index (χ4v) is 1.95. The van der Waals surface area contributed by atoms with E-state index in [9.17, 15) is 9.59 Å². The normalized spacial score (nSPS) is 11.1. The van der Waals surface area contributed by atoms with Gasteiger partial charge in [-0.2, -0.15) is 0 Å². The molecule has 0 amide bonds. The molecule has 3 aromatic heterocycles. The molecule has 3 aromatic rings. The third kappa shape index (κ3) is 1.53. The first-order chi connectivity index (χ1) is 8.15. The number of fused-ring (bicyclic) bond motifs is 1. The fraction of sp³-hybridized carbons (Fsp3) is 0. The molecule has 8 heteroatoms. The lowest BCUT2D eigenvalue weighted by Crippen LogP contribution is -2.21. The van der Waals surface area contributed by atoms with Crippen LogP contribution in [-0.4, -0.2) is 19.9 Å². The summed E-state index contributed by atoms with van der Waals surface area (Å²) in [7, 11) is 0. The van der Waals surface area contributed by atoms with Gasteiger partial charge in [0.05, 0.1) is 11.8 Å². The van der Waals surface area contributed by atoms with Gasteiger partial charge in [-0.05, 0) is 22.0 Å². The van der Waals surface area contributed by atoms with Crippen LogP contribution in [0.3, 0.4) is 0 Å². The minimum absolute atomic E-state index is 0.210. The summed E-state index contributed by atoms with van der Waals surface area (Å²) in [6.07, 6.45) is 1.49. The van der Waals surface area contributed by atoms with Crippen molar-refractivity contribution in [3.63, 3.8) is 0 Å². The lowest BCUT2D eigenvalue weighted by molar-refractivity contribution is 0.542. The quantitative estimate of drug-likeness (QED) is 0.621. The molecule has 86 valence electrons. The Balaban J connectivity index is 2.35. The lowest BCUT2D eigenvalue weighted by Gasteiger charge is -1.88. The Morgan fingerprint density at radius 3 is 2.76 bits per heavy atom. The van der Waals surface area contributed by atoms with E-state index in [1.54, 1.807) is 6.07 Å². The summed E-state index contributed by atoms with van der Waals surface area (Å²) in [5.41, 5.74) is -0.00933. The van der Waals surface area contributed by atoms with Gasteiger partial charge < -0.3 is 9.40 Å². The molecule has 0 aliphatic rings. The zero-order chi connectivity index (χ0) is 12.0. The molecule has 0 spiro atoms. The second-order valence-electron chi connectivity index (χ2n) is 3.33. The van der Waals surface area contributed by atoms with Gasteiger partial charge in [0.25, 0.3) is 5.56 Å². The van der Waals surface area contributed by atoms with Gasteiger partial charge in [-0.15, -0.1) is 0 Å². The highest BCUT2D eigenvalue weighted by Gasteiger charge is 2.13. The van der Waals surface area contributed by atoms with Crippen LogP contribution < -0.4 is 11.2 Å². The Hall–Kier alpha value is -2.09. The van der Waals surface area contributed by atoms with Gasteiger partial charge in [0.15, 0.2) is 10.3 Å². The SMILES string of the molecule is O=c1[nH]c(=O)c2[nH]c(-c3ccoc3Br)nc2[nH]1. The fourth-order valence-electron chi connectivity index (χ4n) is 1.52. The monoisotopic (exact) mass is 296 g/mol. The van der Waals surface area contributed by atoms with Crippen LogP contribution in [0.15, 0.2) is 31.0 Å². The van der Waals surface area contributed by atoms with E-state index in [1.165, 1.54) is 6.26 Å². The zero-order valence-electron chi connectivity index (χ0n) is 8.20. The topological polar surface area (TPSA) is 108 Å². The maximum absolute atomic E-state index is 11.5. The predicted octanol–water partition coefficient (Wildman–Crippen LogP) is 0.962. The molecule has 3 rings (SSSR count). The summed E-state index contributed by atoms with van der Waals surface area (Å²) in [6, 6.07) is 1.69. The summed E-state index contributed by atoms with van der Waals surface area (Å²) in [5, 5.41) is 0. The molecule has 0 unspecified atom stereocenters. The molecule has 0 aliphatic carbocycles. The number of H-pyrrole nitrogens is 3. The number of hydrogen-bond donors (Lipinski definition) is 3. The average Bonchev–Trinajstić information content (AvgIpc) is 2.83. The maximum atomic E-state index is 11.5. The average molecular weight is 297 g/mol. The van der Waals surface area contributed by atoms with Gasteiger partial charge >= 0.3 is 5.69 Å². The predicted molar refractivity (Wildman–Crippen MR) is 62.7 cm³/mol. The van der Waals surface area contributed by atoms with E-state index in [2.05, 4.69) is 35.9 Å². The van der Waals surface area contributed by atoms with Gasteiger partial charge in [0.1, 0.15) is 11.3 Å². The van der Waals surface area contributed by atoms with Crippen molar-refractivity contribution in [2.45, 2.75) is 0 Å². The van der Waals surface area contributed by atoms with Crippen molar-refractivity contribution >= 4 is 27.1 Å². The Bertz CT molecular complexity index is 809. The van der Waals surface area contributed by atoms with Crippen molar-refractivity contribution in [3.8, 4) is 11.4 Å². The smallest absolute Gasteiger partial charge is 0.327 e. The molecule has 0 saturated carbocycles. The zero-order valence-corrected chi connectivity index (χ0v) is 9.79. The Kier molecular flexibility index (Phi) is 2.05. The molecule has 0 fully saturated rings. The molecule has 3 N–H and O–H groups in total. The summed E-state index contributed by atoms with van der Waals surface area (Å²) >= 11 is 3.21. The Labute approximate surface area is 101 Å². The van der Waals surface area contributed by atoms with Crippen molar-refractivity contribution in [2.24, 2.45) is 0 Å². The molecular formula is C9H5BrN4O3. The highest BCUT2D eigenvalue weighted by Crippen LogP contribution is 2.27. The molecule has 17 heavy (non-hydrogen) atoms. The summed E-state index contributed by atoms with van der Waals surface area (Å²) in [5.74, 6) is 0.438. The number of nitrogens with one attached hydrogen (secondary N) is 3. The van der Waals surface area contributed by atoms with Crippen LogP contribution in [0.25, 0.3) is 22.6 Å². The molecule has 0 aliphatic heterocycles. The molecular weight excluding hydrogens is 292 g/mol. The molecule has 0 saturated heterocycles. The van der Waals surface area contributed by atoms with E-state index in [-0.39, 0.29) is 11.2 Å². The van der Waals surface area contributed by atoms with Gasteiger partial charge in [-0.1, -0.05) is 0 Å². The Morgan fingerprint density at radius 2 is 2.06 bits per heavy atom. The van der Waals surface area contributed by atoms with Crippen molar-refractivity contribution in [3.05, 3.63) is 37.8 Å². The molecule has 7 nitrogen and oxygen atoms in total. The first-order valence-corrected chi connectivity index (χ1v) is 5.40. The van der Waals surface area contributed by atoms with Crippen LogP contribution in [0, 0.1) is 0 Å². The summed E-state index contributed by atoms with van der Waals surface area (Å²) in [4.78, 5) is 34.0. The van der Waals surface area contributed by atoms with E-state index < -0.39 is 11.2 Å². The first kappa shape index (κ1) is 10.1. The maximum Gasteiger partial charge on any atom is 0.327 e. The number of halogens is 1. The van der Waals surface area contributed by atoms with Crippen LogP contribution in [0.1, 0.15) is 0 Å². The van der Waals surface area contributed by atoms with Crippen LogP contribution in [0.5, 0.6) is 0 Å². The Morgan fingerprint density at radius 1 is 1.24 bits per heavy atom. The second kappa shape index (κ2) is 3.45. The highest BCUT2D eigenvalue weighted by atomic mass is 79.9. The second-order valence-corrected chi connectivity index (χ2v) is 4.05. The molecule has 3 heterocycles. The third-order valence-corrected chi connectivity index (χ3v) is 2.88. The number of aromatic amines is 3. The molecule has 0 radical (unpaired) electrons. The van der Waals surface area contributed by atoms with Crippen LogP contribution in [0.4, 0.5) is 0 Å². The molecule has 0 bridgehead atoms. The van der Waals surface area contributed by atoms with Crippen LogP contribution >= 0.6 is 15.9 Å². The lowest BCUT2D eigenvalue weighted by atomic mass is 10.3. The van der Waals surface area contributed by atoms with Crippen LogP contribution in [0.2, 0.25) is 0 Å². The van der Waals surface area contributed by atoms with E-state index in [0.717, 1.165) is 0 Å². The number of nitrogens with zero attached hydrogens (tertiary/aromatic N) is 1. The van der Waals surface area contributed by atoms with Crippen molar-refractivity contribution in [1.29, 1.82) is 0 Å². The van der Waals surface area contributed by atoms with Crippen molar-refractivity contribution in [2.75, 3.05) is 0 Å². The van der Waals surface area contributed by atoms with Gasteiger partial charge in [-0.3, -0.25) is 14.8 Å². The summed E-state index contributed by atoms with van der Waals surface area (Å²) < 4.78 is 5.56. The number of aromatic nitrogens is 4. The largest absolute Gasteiger partial charge is 0.457 e. The number of imidazole rings is 1. The minimum Gasteiger partial charge on any atom is -0.457 e. The number of furan rings is 1. The van der Waals surface area contributed by atoms with Crippen molar-refractivity contribution in [1.82, 2.24) is 19.9 Å². The molecule has 0 atom stereocenters. The summed E-state index contributed by atoms with van der Waals surface area (Å²) in [6.45, 7) is 0. The third-order valence-electron chi connectivity index (χ3n) is 2.26. The van der Waals surface area contributed by atoms with Crippen molar-refractivity contribution < 1.29 is 4.42 Å². The van der Waals surface area contributed by atoms with Crippen LogP contribution in [-0.2, 0) is 0 Å². The standard InChI is InChI=1S/C9H5BrN4O3/c10-5-3(1-2-17-5)6-11-4-7(12-6)13-9(16)14-8(4)15/h1-2H,(H3,11,12,13,14,15,16). The van der Waals surface area contributed by atoms with E-state index in [0.29, 0.717) is 16.1 Å².